The van der Waals surface area contributed by atoms with Crippen LogP contribution in [-0.2, 0) is 32.1 Å². The summed E-state index contributed by atoms with van der Waals surface area (Å²) in [6.45, 7) is 11.4. The molecule has 2 saturated carbocycles. The first kappa shape index (κ1) is 33.7. The summed E-state index contributed by atoms with van der Waals surface area (Å²) in [6, 6.07) is 0.430. The molecule has 4 N–H and O–H groups in total. The smallest absolute Gasteiger partial charge is 0.235 e. The molecule has 1 aromatic rings. The van der Waals surface area contributed by atoms with Crippen LogP contribution in [0.5, 0.6) is 5.75 Å². The van der Waals surface area contributed by atoms with E-state index in [0.29, 0.717) is 12.1 Å². The van der Waals surface area contributed by atoms with Crippen LogP contribution in [0.3, 0.4) is 0 Å². The number of nitrogens with zero attached hydrogens (tertiary/aromatic N) is 3. The molecular formula is C33H48N4O7. The van der Waals surface area contributed by atoms with Crippen molar-refractivity contribution >= 4 is 34.7 Å². The topological polar surface area (TPSA) is 162 Å². The number of aliphatic hydroxyl groups is 1. The van der Waals surface area contributed by atoms with Gasteiger partial charge in [0.15, 0.2) is 34.7 Å². The third-order valence-electron chi connectivity index (χ3n) is 9.96. The second-order valence-electron chi connectivity index (χ2n) is 15.3. The minimum Gasteiger partial charge on any atom is -0.507 e. The average Bonchev–Trinajstić information content (AvgIpc) is 2.84. The van der Waals surface area contributed by atoms with Gasteiger partial charge in [-0.1, -0.05) is 20.8 Å². The Kier molecular flexibility index (Phi) is 8.46. The molecule has 44 heavy (non-hydrogen) atoms. The molecule has 0 heterocycles. The number of phenols is 1. The summed E-state index contributed by atoms with van der Waals surface area (Å²) in [5.41, 5.74) is 4.75. The van der Waals surface area contributed by atoms with Gasteiger partial charge in [0.05, 0.1) is 17.5 Å². The lowest BCUT2D eigenvalue weighted by atomic mass is 9.52. The maximum absolute atomic E-state index is 14.1. The number of hydrogen-bond acceptors (Lipinski definition) is 10. The van der Waals surface area contributed by atoms with Crippen LogP contribution in [0.1, 0.15) is 68.9 Å². The number of likely N-dealkylation sites (N-methyl/N-ethyl adjacent to an activating group) is 1. The second kappa shape index (κ2) is 11.0. The number of amides is 1. The maximum atomic E-state index is 14.1. The van der Waals surface area contributed by atoms with Crippen molar-refractivity contribution < 1.29 is 34.2 Å². The molecule has 2 unspecified atom stereocenters. The Hall–Kier alpha value is -3.15. The van der Waals surface area contributed by atoms with Crippen molar-refractivity contribution in [3.63, 3.8) is 0 Å². The highest BCUT2D eigenvalue weighted by Crippen LogP contribution is 2.52. The molecule has 0 bridgehead atoms. The predicted octanol–water partition coefficient (Wildman–Crippen LogP) is 1.58. The number of rotatable bonds is 7. The molecule has 11 nitrogen and oxygen atoms in total. The molecule has 0 aliphatic heterocycles. The molecule has 2 fully saturated rings. The Balaban J connectivity index is 1.83. The van der Waals surface area contributed by atoms with Crippen LogP contribution in [0.15, 0.2) is 6.07 Å². The Labute approximate surface area is 259 Å². The van der Waals surface area contributed by atoms with Gasteiger partial charge in [-0.2, -0.15) is 0 Å². The molecule has 0 saturated heterocycles. The van der Waals surface area contributed by atoms with Crippen molar-refractivity contribution in [3.8, 4) is 5.75 Å². The first-order chi connectivity index (χ1) is 20.1. The van der Waals surface area contributed by atoms with Gasteiger partial charge < -0.3 is 20.8 Å². The molecule has 0 radical (unpaired) electrons. The summed E-state index contributed by atoms with van der Waals surface area (Å²) in [7, 11) is 8.90. The van der Waals surface area contributed by atoms with E-state index in [1.165, 1.54) is 4.90 Å². The number of ketones is 4. The molecule has 6 atom stereocenters. The summed E-state index contributed by atoms with van der Waals surface area (Å²) in [5.74, 6) is -10.5. The number of Topliss-reactive ketones (excluding diaryl/α,β-unsaturated/α-hetero) is 4. The lowest BCUT2D eigenvalue weighted by Crippen LogP contribution is -2.74. The Morgan fingerprint density at radius 1 is 1.02 bits per heavy atom. The molecule has 1 aromatic carbocycles. The van der Waals surface area contributed by atoms with Gasteiger partial charge in [0.2, 0.25) is 5.91 Å². The van der Waals surface area contributed by atoms with Crippen LogP contribution in [0, 0.1) is 29.1 Å². The van der Waals surface area contributed by atoms with E-state index < -0.39 is 64.4 Å². The minimum absolute atomic E-state index is 0.000602. The summed E-state index contributed by atoms with van der Waals surface area (Å²) >= 11 is 0. The molecule has 0 aromatic heterocycles. The zero-order chi connectivity index (χ0) is 33.4. The van der Waals surface area contributed by atoms with Gasteiger partial charge in [-0.15, -0.1) is 0 Å². The van der Waals surface area contributed by atoms with Gasteiger partial charge in [0.1, 0.15) is 5.75 Å². The fraction of sp³-hybridized carbons (Fsp3) is 0.667. The van der Waals surface area contributed by atoms with E-state index in [4.69, 9.17) is 5.73 Å². The van der Waals surface area contributed by atoms with Gasteiger partial charge in [0, 0.05) is 37.8 Å². The number of phenolic OH excluding ortho intramolecular Hbond substituents is 1. The summed E-state index contributed by atoms with van der Waals surface area (Å²) in [4.78, 5) is 72.8. The summed E-state index contributed by atoms with van der Waals surface area (Å²) in [6.07, 6.45) is 1.15. The molecule has 242 valence electrons. The Bertz CT molecular complexity index is 1430. The third kappa shape index (κ3) is 5.26. The zero-order valence-electron chi connectivity index (χ0n) is 27.6. The monoisotopic (exact) mass is 612 g/mol. The van der Waals surface area contributed by atoms with Crippen LogP contribution < -0.4 is 10.6 Å². The average molecular weight is 613 g/mol. The standard InChI is InChI=1S/C33H48N4O7/c1-31(2,3)15-32(4,5)37(10)14-17-13-20(38)22-18(24(17)35(6)7)11-16-12-19-25(36(8)9)27(40)23(30(34)43)29(42)33(19,44)28(41)21(16)26(22)39/h13,16,19,21,23,25,38,44H,11-12,14-15H2,1-10H3,(H2,34,43)/t16-,19-,21?,23?,25-,33-/m0/s1. The predicted molar refractivity (Wildman–Crippen MR) is 165 cm³/mol. The van der Waals surface area contributed by atoms with Crippen LogP contribution >= 0.6 is 0 Å². The minimum atomic E-state index is -2.74. The third-order valence-corrected chi connectivity index (χ3v) is 9.96. The van der Waals surface area contributed by atoms with Crippen LogP contribution in [0.4, 0.5) is 5.69 Å². The number of carbonyl (C=O) groups excluding carboxylic acids is 5. The highest BCUT2D eigenvalue weighted by Gasteiger charge is 2.69. The summed E-state index contributed by atoms with van der Waals surface area (Å²) < 4.78 is 0. The van der Waals surface area contributed by atoms with Crippen molar-refractivity contribution in [2.45, 2.75) is 77.6 Å². The largest absolute Gasteiger partial charge is 0.507 e. The number of primary amides is 1. The normalized spacial score (nSPS) is 29.1. The molecule has 4 rings (SSSR count). The van der Waals surface area contributed by atoms with Crippen molar-refractivity contribution in [1.29, 1.82) is 0 Å². The molecule has 11 heteroatoms. The highest BCUT2D eigenvalue weighted by atomic mass is 16.3. The first-order valence-electron chi connectivity index (χ1n) is 15.2. The van der Waals surface area contributed by atoms with Crippen molar-refractivity contribution in [1.82, 2.24) is 9.80 Å². The molecule has 3 aliphatic rings. The van der Waals surface area contributed by atoms with Gasteiger partial charge in [-0.05, 0) is 82.8 Å². The van der Waals surface area contributed by atoms with E-state index in [-0.39, 0.29) is 35.1 Å². The number of fused-ring (bicyclic) bond motifs is 3. The first-order valence-corrected chi connectivity index (χ1v) is 15.2. The Morgan fingerprint density at radius 3 is 2.11 bits per heavy atom. The number of aromatic hydroxyl groups is 1. The highest BCUT2D eigenvalue weighted by molar-refractivity contribution is 6.32. The van der Waals surface area contributed by atoms with Crippen LogP contribution in [0.25, 0.3) is 0 Å². The van der Waals surface area contributed by atoms with Gasteiger partial charge in [0.25, 0.3) is 0 Å². The SMILES string of the molecule is CN(C)c1c(CN(C)C(C)(C)CC(C)(C)C)cc(O)c2c1C[C@H]1C[C@H]3[C@H](N(C)C)C(=O)C(C(N)=O)C(=O)[C@@]3(O)C(=O)C1C2=O. The van der Waals surface area contributed by atoms with Gasteiger partial charge in [-0.25, -0.2) is 0 Å². The van der Waals surface area contributed by atoms with Crippen LogP contribution in [-0.4, -0.2) is 101 Å². The van der Waals surface area contributed by atoms with E-state index in [0.717, 1.165) is 17.7 Å². The number of carbonyl (C=O) groups is 5. The fourth-order valence-electron chi connectivity index (χ4n) is 8.31. The van der Waals surface area contributed by atoms with E-state index in [1.807, 2.05) is 26.0 Å². The van der Waals surface area contributed by atoms with E-state index >= 15 is 0 Å². The van der Waals surface area contributed by atoms with Crippen molar-refractivity contribution in [2.24, 2.45) is 34.8 Å². The van der Waals surface area contributed by atoms with Crippen LogP contribution in [0.2, 0.25) is 0 Å². The molecular weight excluding hydrogens is 564 g/mol. The number of hydrogen-bond donors (Lipinski definition) is 3. The van der Waals surface area contributed by atoms with Gasteiger partial charge in [-0.3, -0.25) is 33.8 Å². The van der Waals surface area contributed by atoms with Crippen molar-refractivity contribution in [3.05, 3.63) is 22.8 Å². The zero-order valence-corrected chi connectivity index (χ0v) is 27.6. The second-order valence-corrected chi connectivity index (χ2v) is 15.3. The number of benzene rings is 1. The lowest BCUT2D eigenvalue weighted by Gasteiger charge is -2.52. The Morgan fingerprint density at radius 2 is 1.61 bits per heavy atom. The lowest BCUT2D eigenvalue weighted by molar-refractivity contribution is -0.181. The van der Waals surface area contributed by atoms with E-state index in [2.05, 4.69) is 39.5 Å². The molecule has 1 amide bonds. The van der Waals surface area contributed by atoms with Crippen molar-refractivity contribution in [2.75, 3.05) is 40.1 Å². The maximum Gasteiger partial charge on any atom is 0.235 e. The number of anilines is 1. The number of nitrogens with two attached hydrogens (primary N) is 1. The fourth-order valence-corrected chi connectivity index (χ4v) is 8.31. The van der Waals surface area contributed by atoms with E-state index in [9.17, 15) is 34.2 Å². The molecule has 3 aliphatic carbocycles. The quantitative estimate of drug-likeness (QED) is 0.386. The van der Waals surface area contributed by atoms with Gasteiger partial charge >= 0.3 is 0 Å². The molecule has 0 spiro atoms. The van der Waals surface area contributed by atoms with E-state index in [1.54, 1.807) is 20.2 Å². The summed E-state index contributed by atoms with van der Waals surface area (Å²) in [5, 5.41) is 23.1.